The second-order valence-electron chi connectivity index (χ2n) is 6.28. The lowest BCUT2D eigenvalue weighted by Gasteiger charge is -2.21. The topological polar surface area (TPSA) is 74.0 Å². The van der Waals surface area contributed by atoms with Crippen molar-refractivity contribution in [2.75, 3.05) is 34.4 Å². The van der Waals surface area contributed by atoms with Crippen LogP contribution in [0.25, 0.3) is 0 Å². The minimum absolute atomic E-state index is 0. The van der Waals surface area contributed by atoms with Crippen molar-refractivity contribution in [2.45, 2.75) is 18.9 Å². The lowest BCUT2D eigenvalue weighted by atomic mass is 9.98. The molecule has 1 aromatic carbocycles. The fourth-order valence-electron chi connectivity index (χ4n) is 3.84. The molecule has 0 radical (unpaired) electrons. The minimum Gasteiger partial charge on any atom is -0.496 e. The highest BCUT2D eigenvalue weighted by atomic mass is 35.5. The number of carbonyl (C=O) groups excluding carboxylic acids is 1. The first-order valence-corrected chi connectivity index (χ1v) is 7.93. The predicted octanol–water partition coefficient (Wildman–Crippen LogP) is 1.94. The molecule has 1 saturated carbocycles. The van der Waals surface area contributed by atoms with E-state index in [-0.39, 0.29) is 24.4 Å². The average Bonchev–Trinajstić information content (AvgIpc) is 3.15. The van der Waals surface area contributed by atoms with E-state index in [1.54, 1.807) is 33.5 Å². The Morgan fingerprint density at radius 1 is 1.04 bits per heavy atom. The fourth-order valence-corrected chi connectivity index (χ4v) is 3.84. The molecule has 7 heteroatoms. The molecule has 1 saturated heterocycles. The smallest absolute Gasteiger partial charge is 0.257 e. The van der Waals surface area contributed by atoms with Gasteiger partial charge in [0, 0.05) is 31.3 Å². The molecule has 3 rings (SSSR count). The Morgan fingerprint density at radius 3 is 2.25 bits per heavy atom. The van der Waals surface area contributed by atoms with E-state index in [1.165, 1.54) is 0 Å². The van der Waals surface area contributed by atoms with Crippen LogP contribution in [-0.2, 0) is 0 Å². The van der Waals surface area contributed by atoms with Crippen LogP contribution in [0.15, 0.2) is 12.1 Å². The molecular weight excluding hydrogens is 332 g/mol. The molecule has 0 spiro atoms. The maximum atomic E-state index is 12.9. The summed E-state index contributed by atoms with van der Waals surface area (Å²) in [5.41, 5.74) is 6.66. The summed E-state index contributed by atoms with van der Waals surface area (Å²) in [6.45, 7) is 1.50. The van der Waals surface area contributed by atoms with E-state index >= 15 is 0 Å². The van der Waals surface area contributed by atoms with Crippen molar-refractivity contribution in [3.8, 4) is 17.2 Å². The van der Waals surface area contributed by atoms with Gasteiger partial charge in [0.25, 0.3) is 5.91 Å². The van der Waals surface area contributed by atoms with E-state index in [4.69, 9.17) is 19.9 Å². The largest absolute Gasteiger partial charge is 0.496 e. The van der Waals surface area contributed by atoms with Crippen molar-refractivity contribution in [1.29, 1.82) is 0 Å². The first kappa shape index (κ1) is 18.7. The van der Waals surface area contributed by atoms with Crippen molar-refractivity contribution in [1.82, 2.24) is 4.90 Å². The number of carbonyl (C=O) groups is 1. The summed E-state index contributed by atoms with van der Waals surface area (Å²) in [5, 5.41) is 0. The first-order chi connectivity index (χ1) is 11.1. The number of hydrogen-bond acceptors (Lipinski definition) is 5. The van der Waals surface area contributed by atoms with Crippen LogP contribution in [0.5, 0.6) is 17.2 Å². The predicted molar refractivity (Wildman–Crippen MR) is 93.4 cm³/mol. The number of nitrogens with two attached hydrogens (primary N) is 1. The maximum Gasteiger partial charge on any atom is 0.257 e. The molecule has 6 nitrogen and oxygen atoms in total. The Morgan fingerprint density at radius 2 is 1.67 bits per heavy atom. The second-order valence-corrected chi connectivity index (χ2v) is 6.28. The van der Waals surface area contributed by atoms with Gasteiger partial charge in [-0.15, -0.1) is 12.4 Å². The van der Waals surface area contributed by atoms with Crippen LogP contribution in [-0.4, -0.2) is 51.3 Å². The molecule has 2 fully saturated rings. The number of likely N-dealkylation sites (tertiary alicyclic amines) is 1. The summed E-state index contributed by atoms with van der Waals surface area (Å²) in [7, 11) is 4.66. The highest BCUT2D eigenvalue weighted by molar-refractivity contribution is 5.98. The molecule has 3 atom stereocenters. The Balaban J connectivity index is 0.00000208. The van der Waals surface area contributed by atoms with Gasteiger partial charge in [-0.1, -0.05) is 0 Å². The zero-order chi connectivity index (χ0) is 16.6. The van der Waals surface area contributed by atoms with Crippen molar-refractivity contribution >= 4 is 18.3 Å². The van der Waals surface area contributed by atoms with E-state index in [0.29, 0.717) is 34.6 Å². The average molecular weight is 357 g/mol. The van der Waals surface area contributed by atoms with Gasteiger partial charge in [-0.05, 0) is 24.7 Å². The van der Waals surface area contributed by atoms with Gasteiger partial charge in [0.2, 0.25) is 0 Å². The van der Waals surface area contributed by atoms with Crippen LogP contribution >= 0.6 is 12.4 Å². The standard InChI is InChI=1S/C17H24N2O4.ClH/c1-21-14-7-16(23-3)15(22-2)6-11(14)17(20)19-8-10-4-5-13(18)12(10)9-19;/h6-7,10,12-13H,4-5,8-9,18H2,1-3H3;1H. The van der Waals surface area contributed by atoms with E-state index in [0.717, 1.165) is 25.9 Å². The molecule has 1 heterocycles. The fraction of sp³-hybridized carbons (Fsp3) is 0.588. The molecule has 134 valence electrons. The van der Waals surface area contributed by atoms with Crippen LogP contribution in [0.3, 0.4) is 0 Å². The number of nitrogens with zero attached hydrogens (tertiary/aromatic N) is 1. The molecule has 0 aromatic heterocycles. The SMILES string of the molecule is COc1cc(OC)c(C(=O)N2CC3CCC(N)C3C2)cc1OC.Cl. The van der Waals surface area contributed by atoms with Crippen molar-refractivity contribution in [3.63, 3.8) is 0 Å². The molecule has 24 heavy (non-hydrogen) atoms. The highest BCUT2D eigenvalue weighted by Gasteiger charge is 2.43. The zero-order valence-electron chi connectivity index (χ0n) is 14.3. The number of ether oxygens (including phenoxy) is 3. The molecule has 1 aromatic rings. The van der Waals surface area contributed by atoms with E-state index < -0.39 is 0 Å². The third kappa shape index (κ3) is 3.13. The van der Waals surface area contributed by atoms with Crippen LogP contribution in [0.4, 0.5) is 0 Å². The van der Waals surface area contributed by atoms with Gasteiger partial charge < -0.3 is 24.8 Å². The number of fused-ring (bicyclic) bond motifs is 1. The van der Waals surface area contributed by atoms with E-state index in [1.807, 2.05) is 4.90 Å². The van der Waals surface area contributed by atoms with E-state index in [2.05, 4.69) is 0 Å². The van der Waals surface area contributed by atoms with Gasteiger partial charge in [0.15, 0.2) is 11.5 Å². The van der Waals surface area contributed by atoms with Crippen LogP contribution in [0.2, 0.25) is 0 Å². The van der Waals surface area contributed by atoms with Gasteiger partial charge in [-0.3, -0.25) is 4.79 Å². The van der Waals surface area contributed by atoms with Crippen molar-refractivity contribution in [2.24, 2.45) is 17.6 Å². The van der Waals surface area contributed by atoms with Crippen molar-refractivity contribution in [3.05, 3.63) is 17.7 Å². The van der Waals surface area contributed by atoms with Crippen LogP contribution < -0.4 is 19.9 Å². The number of benzene rings is 1. The highest BCUT2D eigenvalue weighted by Crippen LogP contribution is 2.40. The molecule has 0 bridgehead atoms. The summed E-state index contributed by atoms with van der Waals surface area (Å²) in [6, 6.07) is 3.59. The molecule has 2 N–H and O–H groups in total. The monoisotopic (exact) mass is 356 g/mol. The van der Waals surface area contributed by atoms with Crippen molar-refractivity contribution < 1.29 is 19.0 Å². The summed E-state index contributed by atoms with van der Waals surface area (Å²) in [4.78, 5) is 14.8. The quantitative estimate of drug-likeness (QED) is 0.892. The van der Waals surface area contributed by atoms with E-state index in [9.17, 15) is 4.79 Å². The Bertz CT molecular complexity index is 610. The lowest BCUT2D eigenvalue weighted by Crippen LogP contribution is -2.33. The Kier molecular flexibility index (Phi) is 5.83. The molecule has 2 aliphatic rings. The number of amides is 1. The maximum absolute atomic E-state index is 12.9. The summed E-state index contributed by atoms with van der Waals surface area (Å²) in [5.74, 6) is 2.47. The second kappa shape index (κ2) is 7.49. The van der Waals surface area contributed by atoms with Gasteiger partial charge in [-0.25, -0.2) is 0 Å². The summed E-state index contributed by atoms with van der Waals surface area (Å²) < 4.78 is 16.0. The Labute approximate surface area is 148 Å². The lowest BCUT2D eigenvalue weighted by molar-refractivity contribution is 0.0775. The van der Waals surface area contributed by atoms with Gasteiger partial charge in [0.1, 0.15) is 5.75 Å². The molecular formula is C17H25ClN2O4. The van der Waals surface area contributed by atoms with Crippen LogP contribution in [0, 0.1) is 11.8 Å². The third-order valence-corrected chi connectivity index (χ3v) is 5.14. The number of methoxy groups -OCH3 is 3. The zero-order valence-corrected chi connectivity index (χ0v) is 15.1. The van der Waals surface area contributed by atoms with Crippen LogP contribution in [0.1, 0.15) is 23.2 Å². The number of hydrogen-bond donors (Lipinski definition) is 1. The molecule has 1 aliphatic heterocycles. The number of halogens is 1. The minimum atomic E-state index is -0.0376. The molecule has 1 aliphatic carbocycles. The van der Waals surface area contributed by atoms with Gasteiger partial charge in [-0.2, -0.15) is 0 Å². The summed E-state index contributed by atoms with van der Waals surface area (Å²) in [6.07, 6.45) is 2.18. The third-order valence-electron chi connectivity index (χ3n) is 5.14. The normalized spacial score (nSPS) is 25.0. The van der Waals surface area contributed by atoms with Gasteiger partial charge in [0.05, 0.1) is 26.9 Å². The molecule has 3 unspecified atom stereocenters. The molecule has 1 amide bonds. The number of rotatable bonds is 4. The summed E-state index contributed by atoms with van der Waals surface area (Å²) >= 11 is 0. The first-order valence-electron chi connectivity index (χ1n) is 7.93. The Hall–Kier alpha value is -1.66. The van der Waals surface area contributed by atoms with Gasteiger partial charge >= 0.3 is 0 Å².